The number of rotatable bonds is 2. The molecular weight excluding hydrogens is 324 g/mol. The van der Waals surface area contributed by atoms with E-state index in [4.69, 9.17) is 12.2 Å². The number of nitrogens with zero attached hydrogens (tertiary/aromatic N) is 2. The van der Waals surface area contributed by atoms with Crippen LogP contribution in [-0.2, 0) is 4.79 Å². The summed E-state index contributed by atoms with van der Waals surface area (Å²) >= 11 is 6.70. The van der Waals surface area contributed by atoms with E-state index in [2.05, 4.69) is 37.9 Å². The van der Waals surface area contributed by atoms with Gasteiger partial charge in [-0.15, -0.1) is 0 Å². The Hall–Kier alpha value is -1.98. The van der Waals surface area contributed by atoms with Crippen LogP contribution in [0.5, 0.6) is 0 Å². The second-order valence-corrected chi connectivity index (χ2v) is 7.20. The summed E-state index contributed by atoms with van der Waals surface area (Å²) in [5, 5.41) is 0. The van der Waals surface area contributed by atoms with Crippen LogP contribution in [-0.4, -0.2) is 15.2 Å². The molecule has 2 heterocycles. The number of carbonyl (C=O) groups is 1. The van der Waals surface area contributed by atoms with Gasteiger partial charge in [-0.1, -0.05) is 36.1 Å². The first-order chi connectivity index (χ1) is 11.0. The number of anilines is 1. The van der Waals surface area contributed by atoms with Gasteiger partial charge in [0.25, 0.3) is 5.91 Å². The van der Waals surface area contributed by atoms with Gasteiger partial charge in [-0.05, 0) is 61.2 Å². The Labute approximate surface area is 145 Å². The molecule has 1 aromatic heterocycles. The second-order valence-electron chi connectivity index (χ2n) is 5.52. The molecule has 116 valence electrons. The monoisotopic (exact) mass is 340 g/mol. The van der Waals surface area contributed by atoms with Crippen LogP contribution >= 0.6 is 24.0 Å². The number of hydrogen-bond donors (Lipinski definition) is 0. The van der Waals surface area contributed by atoms with Gasteiger partial charge < -0.3 is 0 Å². The van der Waals surface area contributed by atoms with Crippen LogP contribution in [0.25, 0.3) is 6.08 Å². The molecule has 0 atom stereocenters. The average Bonchev–Trinajstić information content (AvgIpc) is 2.80. The molecule has 0 bridgehead atoms. The molecule has 1 aliphatic heterocycles. The molecule has 1 fully saturated rings. The highest BCUT2D eigenvalue weighted by Crippen LogP contribution is 2.36. The van der Waals surface area contributed by atoms with Crippen molar-refractivity contribution in [3.8, 4) is 0 Å². The van der Waals surface area contributed by atoms with Crippen LogP contribution in [0.1, 0.15) is 22.3 Å². The molecule has 3 nitrogen and oxygen atoms in total. The van der Waals surface area contributed by atoms with Crippen molar-refractivity contribution in [2.45, 2.75) is 20.8 Å². The number of carbonyl (C=O) groups excluding carboxylic acids is 1. The SMILES string of the molecule is Cc1cc(C)c(/C=C2\SC(=S)N(c3cccnc3)C2=O)cc1C. The largest absolute Gasteiger partial charge is 0.270 e. The fraction of sp³-hybridized carbons (Fsp3) is 0.167. The fourth-order valence-electron chi connectivity index (χ4n) is 2.46. The lowest BCUT2D eigenvalue weighted by atomic mass is 10.0. The first-order valence-corrected chi connectivity index (χ1v) is 8.45. The normalized spacial score (nSPS) is 16.5. The lowest BCUT2D eigenvalue weighted by molar-refractivity contribution is -0.113. The van der Waals surface area contributed by atoms with E-state index < -0.39 is 0 Å². The minimum atomic E-state index is -0.0920. The maximum Gasteiger partial charge on any atom is 0.270 e. The van der Waals surface area contributed by atoms with Crippen LogP contribution in [0, 0.1) is 20.8 Å². The maximum atomic E-state index is 12.7. The summed E-state index contributed by atoms with van der Waals surface area (Å²) < 4.78 is 0.538. The summed E-state index contributed by atoms with van der Waals surface area (Å²) in [4.78, 5) is 18.9. The van der Waals surface area contributed by atoms with Crippen molar-refractivity contribution in [3.05, 3.63) is 63.8 Å². The summed E-state index contributed by atoms with van der Waals surface area (Å²) in [6, 6.07) is 7.89. The fourth-order valence-corrected chi connectivity index (χ4v) is 3.75. The zero-order valence-corrected chi connectivity index (χ0v) is 14.8. The average molecular weight is 340 g/mol. The first-order valence-electron chi connectivity index (χ1n) is 7.23. The Bertz CT molecular complexity index is 828. The molecule has 3 rings (SSSR count). The third-order valence-electron chi connectivity index (χ3n) is 3.87. The lowest BCUT2D eigenvalue weighted by Gasteiger charge is -2.13. The summed E-state index contributed by atoms with van der Waals surface area (Å²) in [5.41, 5.74) is 5.38. The number of benzene rings is 1. The van der Waals surface area contributed by atoms with E-state index in [0.717, 1.165) is 11.1 Å². The van der Waals surface area contributed by atoms with E-state index >= 15 is 0 Å². The molecule has 1 saturated heterocycles. The van der Waals surface area contributed by atoms with Gasteiger partial charge in [-0.3, -0.25) is 14.7 Å². The summed E-state index contributed by atoms with van der Waals surface area (Å²) in [6.45, 7) is 6.22. The Balaban J connectivity index is 1.98. The highest BCUT2D eigenvalue weighted by molar-refractivity contribution is 8.27. The predicted octanol–water partition coefficient (Wildman–Crippen LogP) is 4.41. The van der Waals surface area contributed by atoms with E-state index in [1.807, 2.05) is 12.1 Å². The van der Waals surface area contributed by atoms with E-state index in [0.29, 0.717) is 14.9 Å². The summed E-state index contributed by atoms with van der Waals surface area (Å²) in [6.07, 6.45) is 5.25. The summed E-state index contributed by atoms with van der Waals surface area (Å²) in [5.74, 6) is -0.0920. The van der Waals surface area contributed by atoms with E-state index in [-0.39, 0.29) is 5.91 Å². The van der Waals surface area contributed by atoms with Crippen molar-refractivity contribution >= 4 is 46.0 Å². The molecule has 0 spiro atoms. The van der Waals surface area contributed by atoms with Gasteiger partial charge in [-0.2, -0.15) is 0 Å². The van der Waals surface area contributed by atoms with E-state index in [1.165, 1.54) is 27.8 Å². The van der Waals surface area contributed by atoms with Crippen molar-refractivity contribution in [2.24, 2.45) is 0 Å². The highest BCUT2D eigenvalue weighted by atomic mass is 32.2. The number of thiocarbonyl (C=S) groups is 1. The number of thioether (sulfide) groups is 1. The first kappa shape index (κ1) is 15.9. The molecule has 5 heteroatoms. The topological polar surface area (TPSA) is 33.2 Å². The van der Waals surface area contributed by atoms with Gasteiger partial charge in [0.2, 0.25) is 0 Å². The van der Waals surface area contributed by atoms with Crippen molar-refractivity contribution in [3.63, 3.8) is 0 Å². The van der Waals surface area contributed by atoms with Crippen LogP contribution in [0.2, 0.25) is 0 Å². The van der Waals surface area contributed by atoms with Crippen LogP contribution in [0.3, 0.4) is 0 Å². The van der Waals surface area contributed by atoms with Crippen molar-refractivity contribution in [1.29, 1.82) is 0 Å². The van der Waals surface area contributed by atoms with Crippen LogP contribution < -0.4 is 4.90 Å². The number of pyridine rings is 1. The zero-order chi connectivity index (χ0) is 16.6. The molecule has 0 radical (unpaired) electrons. The quantitative estimate of drug-likeness (QED) is 0.599. The minimum Gasteiger partial charge on any atom is -0.268 e. The van der Waals surface area contributed by atoms with Gasteiger partial charge in [-0.25, -0.2) is 0 Å². The molecule has 1 aromatic carbocycles. The maximum absolute atomic E-state index is 12.7. The van der Waals surface area contributed by atoms with E-state index in [1.54, 1.807) is 18.5 Å². The molecule has 2 aromatic rings. The van der Waals surface area contributed by atoms with Crippen molar-refractivity contribution in [1.82, 2.24) is 4.98 Å². The third-order valence-corrected chi connectivity index (χ3v) is 5.17. The smallest absolute Gasteiger partial charge is 0.268 e. The third kappa shape index (κ3) is 3.07. The Kier molecular flexibility index (Phi) is 4.33. The van der Waals surface area contributed by atoms with Gasteiger partial charge >= 0.3 is 0 Å². The van der Waals surface area contributed by atoms with Gasteiger partial charge in [0, 0.05) is 6.20 Å². The number of aromatic nitrogens is 1. The standard InChI is InChI=1S/C18H16N2OS2/c1-11-7-13(3)14(8-12(11)2)9-16-17(21)20(18(22)23-16)15-5-4-6-19-10-15/h4-10H,1-3H3/b16-9-. The molecule has 0 saturated carbocycles. The minimum absolute atomic E-state index is 0.0920. The number of aryl methyl sites for hydroxylation is 3. The van der Waals surface area contributed by atoms with Gasteiger partial charge in [0.15, 0.2) is 4.32 Å². The van der Waals surface area contributed by atoms with Crippen molar-refractivity contribution in [2.75, 3.05) is 4.90 Å². The van der Waals surface area contributed by atoms with Gasteiger partial charge in [0.1, 0.15) is 0 Å². The molecule has 0 unspecified atom stereocenters. The molecule has 0 aliphatic carbocycles. The van der Waals surface area contributed by atoms with Crippen LogP contribution in [0.15, 0.2) is 41.6 Å². The van der Waals surface area contributed by atoms with Gasteiger partial charge in [0.05, 0.1) is 16.8 Å². The number of hydrogen-bond acceptors (Lipinski definition) is 4. The molecule has 1 amide bonds. The molecule has 23 heavy (non-hydrogen) atoms. The second kappa shape index (κ2) is 6.26. The van der Waals surface area contributed by atoms with Crippen LogP contribution in [0.4, 0.5) is 5.69 Å². The molecule has 0 N–H and O–H groups in total. The summed E-state index contributed by atoms with van der Waals surface area (Å²) in [7, 11) is 0. The molecular formula is C18H16N2OS2. The predicted molar refractivity (Wildman–Crippen MR) is 101 cm³/mol. The number of amides is 1. The lowest BCUT2D eigenvalue weighted by Crippen LogP contribution is -2.27. The van der Waals surface area contributed by atoms with E-state index in [9.17, 15) is 4.79 Å². The van der Waals surface area contributed by atoms with Crippen molar-refractivity contribution < 1.29 is 4.79 Å². The zero-order valence-electron chi connectivity index (χ0n) is 13.2. The Morgan fingerprint density at radius 1 is 1.17 bits per heavy atom. The Morgan fingerprint density at radius 3 is 2.61 bits per heavy atom. The highest BCUT2D eigenvalue weighted by Gasteiger charge is 2.33. The molecule has 1 aliphatic rings. The Morgan fingerprint density at radius 2 is 1.91 bits per heavy atom.